The van der Waals surface area contributed by atoms with Crippen LogP contribution in [0.5, 0.6) is 0 Å². The fourth-order valence-corrected chi connectivity index (χ4v) is 2.38. The number of hydrogen-bond donors (Lipinski definition) is 3. The Morgan fingerprint density at radius 3 is 2.30 bits per heavy atom. The summed E-state index contributed by atoms with van der Waals surface area (Å²) in [5.74, 6) is -6.54. The van der Waals surface area contributed by atoms with Gasteiger partial charge in [-0.15, -0.1) is 0 Å². The summed E-state index contributed by atoms with van der Waals surface area (Å²) in [5.41, 5.74) is 0. The number of aliphatic carboxylic acids is 1. The van der Waals surface area contributed by atoms with Gasteiger partial charge >= 0.3 is 5.97 Å². The molecule has 4 atom stereocenters. The molecule has 0 aliphatic carbocycles. The predicted molar refractivity (Wildman–Crippen MR) is 63.5 cm³/mol. The molecule has 0 spiro atoms. The third-order valence-corrected chi connectivity index (χ3v) is 3.20. The van der Waals surface area contributed by atoms with Crippen molar-refractivity contribution in [2.75, 3.05) is 6.61 Å². The highest BCUT2D eigenvalue weighted by Crippen LogP contribution is 2.40. The van der Waals surface area contributed by atoms with Crippen LogP contribution in [-0.4, -0.2) is 63.6 Å². The van der Waals surface area contributed by atoms with Crippen LogP contribution >= 0.6 is 0 Å². The van der Waals surface area contributed by atoms with E-state index in [1.807, 2.05) is 0 Å². The molecule has 20 heavy (non-hydrogen) atoms. The minimum atomic E-state index is -2.59. The maximum absolute atomic E-state index is 11.3. The summed E-state index contributed by atoms with van der Waals surface area (Å²) in [7, 11) is 0. The molecule has 2 saturated heterocycles. The summed E-state index contributed by atoms with van der Waals surface area (Å²) < 4.78 is 21.3. The topological polar surface area (TPSA) is 115 Å². The van der Waals surface area contributed by atoms with Gasteiger partial charge in [0.25, 0.3) is 5.79 Å². The lowest BCUT2D eigenvalue weighted by molar-refractivity contribution is -0.330. The molecule has 3 N–H and O–H groups in total. The van der Waals surface area contributed by atoms with Gasteiger partial charge in [-0.2, -0.15) is 0 Å². The normalized spacial score (nSPS) is 43.4. The van der Waals surface area contributed by atoms with E-state index in [0.29, 0.717) is 0 Å². The second-order valence-electron chi connectivity index (χ2n) is 5.90. The standard InChI is InChI=1S/C12H20O8/c1-10(2)17-5-6(13)7(18-10)8-12(16,9(14)15)20-11(3,4)19-8/h6-8,13,16H,5H2,1-4H3,(H,14,15)/t6-,7+,8-,12-/m0/s1. The van der Waals surface area contributed by atoms with Crippen molar-refractivity contribution in [1.82, 2.24) is 0 Å². The number of carboxylic acids is 1. The van der Waals surface area contributed by atoms with Gasteiger partial charge in [-0.1, -0.05) is 0 Å². The number of hydrogen-bond acceptors (Lipinski definition) is 7. The second kappa shape index (κ2) is 4.62. The molecule has 0 radical (unpaired) electrons. The van der Waals surface area contributed by atoms with Gasteiger partial charge in [0.15, 0.2) is 17.7 Å². The fraction of sp³-hybridized carbons (Fsp3) is 0.917. The first kappa shape index (κ1) is 15.6. The number of rotatable bonds is 2. The molecule has 2 aliphatic heterocycles. The molecule has 0 amide bonds. The van der Waals surface area contributed by atoms with Crippen LogP contribution in [0.25, 0.3) is 0 Å². The van der Waals surface area contributed by atoms with Gasteiger partial charge in [0.2, 0.25) is 0 Å². The van der Waals surface area contributed by atoms with E-state index in [-0.39, 0.29) is 6.61 Å². The van der Waals surface area contributed by atoms with Gasteiger partial charge in [0.1, 0.15) is 12.2 Å². The first-order chi connectivity index (χ1) is 8.97. The molecule has 2 fully saturated rings. The number of aliphatic hydroxyl groups excluding tert-OH is 1. The highest BCUT2D eigenvalue weighted by Gasteiger charge is 2.63. The van der Waals surface area contributed by atoms with Gasteiger partial charge in [0.05, 0.1) is 6.61 Å². The van der Waals surface area contributed by atoms with E-state index in [2.05, 4.69) is 0 Å². The van der Waals surface area contributed by atoms with Gasteiger partial charge < -0.3 is 34.3 Å². The van der Waals surface area contributed by atoms with E-state index >= 15 is 0 Å². The third kappa shape index (κ3) is 2.67. The summed E-state index contributed by atoms with van der Waals surface area (Å²) >= 11 is 0. The highest BCUT2D eigenvalue weighted by molar-refractivity contribution is 5.76. The van der Waals surface area contributed by atoms with Crippen LogP contribution in [0.4, 0.5) is 0 Å². The van der Waals surface area contributed by atoms with Crippen LogP contribution in [0.15, 0.2) is 0 Å². The molecular formula is C12H20O8. The Morgan fingerprint density at radius 1 is 1.15 bits per heavy atom. The minimum absolute atomic E-state index is 0.0619. The maximum atomic E-state index is 11.3. The van der Waals surface area contributed by atoms with Gasteiger partial charge in [-0.3, -0.25) is 0 Å². The van der Waals surface area contributed by atoms with Crippen molar-refractivity contribution >= 4 is 5.97 Å². The van der Waals surface area contributed by atoms with E-state index < -0.39 is 41.6 Å². The molecule has 2 heterocycles. The zero-order valence-corrected chi connectivity index (χ0v) is 11.8. The number of carbonyl (C=O) groups is 1. The van der Waals surface area contributed by atoms with E-state index in [0.717, 1.165) is 0 Å². The largest absolute Gasteiger partial charge is 0.477 e. The highest BCUT2D eigenvalue weighted by atomic mass is 16.8. The third-order valence-electron chi connectivity index (χ3n) is 3.20. The molecule has 8 nitrogen and oxygen atoms in total. The Labute approximate surface area is 116 Å². The van der Waals surface area contributed by atoms with Crippen LogP contribution in [0.1, 0.15) is 27.7 Å². The minimum Gasteiger partial charge on any atom is -0.477 e. The van der Waals surface area contributed by atoms with Gasteiger partial charge in [-0.25, -0.2) is 4.79 Å². The first-order valence-corrected chi connectivity index (χ1v) is 6.30. The van der Waals surface area contributed by atoms with Crippen molar-refractivity contribution < 1.29 is 39.1 Å². The average molecular weight is 292 g/mol. The van der Waals surface area contributed by atoms with Crippen molar-refractivity contribution in [3.8, 4) is 0 Å². The predicted octanol–water partition coefficient (Wildman–Crippen LogP) is -0.576. The van der Waals surface area contributed by atoms with E-state index in [1.54, 1.807) is 13.8 Å². The maximum Gasteiger partial charge on any atom is 0.367 e. The Kier molecular flexibility index (Phi) is 3.61. The van der Waals surface area contributed by atoms with Crippen molar-refractivity contribution in [2.45, 2.75) is 63.4 Å². The molecule has 0 saturated carbocycles. The summed E-state index contributed by atoms with van der Waals surface area (Å²) in [6.07, 6.45) is -3.62. The molecule has 0 bridgehead atoms. The molecule has 0 aromatic carbocycles. The van der Waals surface area contributed by atoms with Crippen LogP contribution in [0.3, 0.4) is 0 Å². The molecule has 0 aromatic rings. The molecular weight excluding hydrogens is 272 g/mol. The lowest BCUT2D eigenvalue weighted by Gasteiger charge is -2.42. The number of carboxylic acid groups (broad SMARTS) is 1. The Hall–Kier alpha value is -0.770. The Bertz CT molecular complexity index is 406. The van der Waals surface area contributed by atoms with Crippen molar-refractivity contribution in [3.05, 3.63) is 0 Å². The van der Waals surface area contributed by atoms with E-state index in [1.165, 1.54) is 13.8 Å². The fourth-order valence-electron chi connectivity index (χ4n) is 2.38. The Morgan fingerprint density at radius 2 is 1.75 bits per heavy atom. The first-order valence-electron chi connectivity index (χ1n) is 6.30. The van der Waals surface area contributed by atoms with Crippen molar-refractivity contribution in [2.24, 2.45) is 0 Å². The van der Waals surface area contributed by atoms with Crippen molar-refractivity contribution in [3.63, 3.8) is 0 Å². The molecule has 8 heteroatoms. The molecule has 2 rings (SSSR count). The number of ether oxygens (including phenoxy) is 4. The van der Waals surface area contributed by atoms with Crippen LogP contribution in [-0.2, 0) is 23.7 Å². The quantitative estimate of drug-likeness (QED) is 0.619. The van der Waals surface area contributed by atoms with E-state index in [9.17, 15) is 20.1 Å². The monoisotopic (exact) mass is 292 g/mol. The SMILES string of the molecule is CC1(C)OC[C@H](O)[C@H]([C@@H]2OC(C)(C)O[C@]2(O)C(=O)O)O1. The van der Waals surface area contributed by atoms with Crippen LogP contribution in [0, 0.1) is 0 Å². The smallest absolute Gasteiger partial charge is 0.367 e. The van der Waals surface area contributed by atoms with Crippen molar-refractivity contribution in [1.29, 1.82) is 0 Å². The van der Waals surface area contributed by atoms with Gasteiger partial charge in [-0.05, 0) is 27.7 Å². The summed E-state index contributed by atoms with van der Waals surface area (Å²) in [4.78, 5) is 11.3. The van der Waals surface area contributed by atoms with E-state index in [4.69, 9.17) is 18.9 Å². The molecule has 0 unspecified atom stereocenters. The summed E-state index contributed by atoms with van der Waals surface area (Å²) in [6, 6.07) is 0. The summed E-state index contributed by atoms with van der Waals surface area (Å²) in [6.45, 7) is 6.11. The lowest BCUT2D eigenvalue weighted by atomic mass is 9.99. The van der Waals surface area contributed by atoms with Crippen LogP contribution in [0.2, 0.25) is 0 Å². The molecule has 2 aliphatic rings. The zero-order chi connectivity index (χ0) is 15.3. The van der Waals surface area contributed by atoms with Gasteiger partial charge in [0, 0.05) is 0 Å². The van der Waals surface area contributed by atoms with Crippen LogP contribution < -0.4 is 0 Å². The zero-order valence-electron chi connectivity index (χ0n) is 11.8. The average Bonchev–Trinajstić information content (AvgIpc) is 2.54. The lowest BCUT2D eigenvalue weighted by Crippen LogP contribution is -2.61. The molecule has 116 valence electrons. The summed E-state index contributed by atoms with van der Waals surface area (Å²) in [5, 5.41) is 29.4. The second-order valence-corrected chi connectivity index (χ2v) is 5.90. The molecule has 0 aromatic heterocycles. The Balaban J connectivity index is 2.31. The number of aliphatic hydroxyl groups is 2.